The second-order valence-corrected chi connectivity index (χ2v) is 6.23. The number of hydrogen-bond acceptors (Lipinski definition) is 3. The molecular weight excluding hydrogens is 293 g/mol. The summed E-state index contributed by atoms with van der Waals surface area (Å²) in [5.74, 6) is 0.768. The summed E-state index contributed by atoms with van der Waals surface area (Å²) in [6.45, 7) is 3.85. The van der Waals surface area contributed by atoms with Crippen LogP contribution in [0.2, 0.25) is 0 Å². The summed E-state index contributed by atoms with van der Waals surface area (Å²) < 4.78 is 24.9. The van der Waals surface area contributed by atoms with E-state index in [0.717, 1.165) is 12.1 Å². The summed E-state index contributed by atoms with van der Waals surface area (Å²) in [5, 5.41) is 0. The van der Waals surface area contributed by atoms with E-state index in [1.54, 1.807) is 6.07 Å². The first-order chi connectivity index (χ1) is 11.3. The van der Waals surface area contributed by atoms with Crippen LogP contribution in [0.1, 0.15) is 30.1 Å². The molecule has 0 radical (unpaired) electrons. The third-order valence-electron chi connectivity index (χ3n) is 4.52. The number of ether oxygens (including phenoxy) is 2. The van der Waals surface area contributed by atoms with Crippen molar-refractivity contribution >= 4 is 0 Å². The maximum absolute atomic E-state index is 13.3. The van der Waals surface area contributed by atoms with E-state index in [4.69, 9.17) is 9.47 Å². The molecule has 2 aromatic rings. The van der Waals surface area contributed by atoms with Crippen molar-refractivity contribution in [2.75, 3.05) is 19.7 Å². The molecule has 23 heavy (non-hydrogen) atoms. The highest BCUT2D eigenvalue weighted by Crippen LogP contribution is 2.36. The molecule has 2 aliphatic rings. The van der Waals surface area contributed by atoms with Gasteiger partial charge < -0.3 is 9.47 Å². The monoisotopic (exact) mass is 313 g/mol. The summed E-state index contributed by atoms with van der Waals surface area (Å²) in [5.41, 5.74) is 2.38. The molecule has 1 unspecified atom stereocenters. The number of nitrogens with zero attached hydrogens (tertiary/aromatic N) is 1. The van der Waals surface area contributed by atoms with Gasteiger partial charge in [0.05, 0.1) is 0 Å². The molecule has 0 N–H and O–H groups in total. The van der Waals surface area contributed by atoms with Gasteiger partial charge in [-0.1, -0.05) is 24.3 Å². The van der Waals surface area contributed by atoms with Crippen molar-refractivity contribution in [3.63, 3.8) is 0 Å². The highest BCUT2D eigenvalue weighted by molar-refractivity contribution is 5.42. The number of benzene rings is 2. The van der Waals surface area contributed by atoms with Crippen molar-refractivity contribution in [1.82, 2.24) is 4.90 Å². The predicted molar refractivity (Wildman–Crippen MR) is 86.2 cm³/mol. The first-order valence-electron chi connectivity index (χ1n) is 8.18. The van der Waals surface area contributed by atoms with E-state index in [-0.39, 0.29) is 11.9 Å². The van der Waals surface area contributed by atoms with E-state index in [1.807, 2.05) is 0 Å². The Bertz CT molecular complexity index is 680. The minimum absolute atomic E-state index is 0.190. The van der Waals surface area contributed by atoms with Crippen LogP contribution in [-0.2, 0) is 6.54 Å². The topological polar surface area (TPSA) is 21.7 Å². The second-order valence-electron chi connectivity index (χ2n) is 6.23. The Balaban J connectivity index is 1.46. The van der Waals surface area contributed by atoms with Crippen LogP contribution in [0.15, 0.2) is 42.5 Å². The van der Waals surface area contributed by atoms with Gasteiger partial charge in [0.1, 0.15) is 12.4 Å². The third-order valence-corrected chi connectivity index (χ3v) is 4.52. The molecule has 1 saturated heterocycles. The fourth-order valence-corrected chi connectivity index (χ4v) is 3.25. The SMILES string of the molecule is Fc1ccc2c(c1)OC(c1ccc(CN3CCCC3)cc1)CO2. The fourth-order valence-electron chi connectivity index (χ4n) is 3.25. The Morgan fingerprint density at radius 3 is 2.57 bits per heavy atom. The standard InChI is InChI=1S/C19H20FNO2/c20-16-7-8-17-18(11-16)23-19(13-22-17)15-5-3-14(4-6-15)12-21-9-1-2-10-21/h3-8,11,19H,1-2,9-10,12-13H2. The number of hydrogen-bond donors (Lipinski definition) is 0. The largest absolute Gasteiger partial charge is 0.485 e. The Hall–Kier alpha value is -2.07. The minimum Gasteiger partial charge on any atom is -0.485 e. The molecule has 4 heteroatoms. The van der Waals surface area contributed by atoms with Crippen molar-refractivity contribution < 1.29 is 13.9 Å². The number of halogens is 1. The summed E-state index contributed by atoms with van der Waals surface area (Å²) in [6, 6.07) is 12.8. The summed E-state index contributed by atoms with van der Waals surface area (Å²) in [4.78, 5) is 2.48. The molecule has 2 heterocycles. The summed E-state index contributed by atoms with van der Waals surface area (Å²) in [6.07, 6.45) is 2.42. The molecule has 3 nitrogen and oxygen atoms in total. The first kappa shape index (κ1) is 14.5. The van der Waals surface area contributed by atoms with Crippen LogP contribution in [0.4, 0.5) is 4.39 Å². The lowest BCUT2D eigenvalue weighted by Crippen LogP contribution is -2.22. The van der Waals surface area contributed by atoms with Gasteiger partial charge in [0.15, 0.2) is 17.6 Å². The van der Waals surface area contributed by atoms with Gasteiger partial charge in [-0.05, 0) is 49.2 Å². The van der Waals surface area contributed by atoms with Crippen LogP contribution in [0.5, 0.6) is 11.5 Å². The van der Waals surface area contributed by atoms with E-state index in [2.05, 4.69) is 29.2 Å². The lowest BCUT2D eigenvalue weighted by Gasteiger charge is -2.27. The number of likely N-dealkylation sites (tertiary alicyclic amines) is 1. The maximum atomic E-state index is 13.3. The van der Waals surface area contributed by atoms with Crippen molar-refractivity contribution in [1.29, 1.82) is 0 Å². The molecule has 1 atom stereocenters. The highest BCUT2D eigenvalue weighted by atomic mass is 19.1. The average molecular weight is 313 g/mol. The van der Waals surface area contributed by atoms with Gasteiger partial charge in [0.2, 0.25) is 0 Å². The third kappa shape index (κ3) is 3.17. The first-order valence-corrected chi connectivity index (χ1v) is 8.18. The second kappa shape index (κ2) is 6.20. The molecule has 2 aliphatic heterocycles. The van der Waals surface area contributed by atoms with Gasteiger partial charge in [0.25, 0.3) is 0 Å². The minimum atomic E-state index is -0.311. The van der Waals surface area contributed by atoms with E-state index >= 15 is 0 Å². The highest BCUT2D eigenvalue weighted by Gasteiger charge is 2.23. The molecule has 0 amide bonds. The van der Waals surface area contributed by atoms with Gasteiger partial charge in [-0.15, -0.1) is 0 Å². The van der Waals surface area contributed by atoms with Gasteiger partial charge >= 0.3 is 0 Å². The zero-order valence-electron chi connectivity index (χ0n) is 13.0. The maximum Gasteiger partial charge on any atom is 0.165 e. The van der Waals surface area contributed by atoms with Gasteiger partial charge in [0, 0.05) is 12.6 Å². The smallest absolute Gasteiger partial charge is 0.165 e. The molecule has 0 spiro atoms. The zero-order chi connectivity index (χ0) is 15.6. The van der Waals surface area contributed by atoms with Crippen LogP contribution in [0.3, 0.4) is 0 Å². The van der Waals surface area contributed by atoms with Crippen molar-refractivity contribution in [3.8, 4) is 11.5 Å². The quantitative estimate of drug-likeness (QED) is 0.857. The van der Waals surface area contributed by atoms with Crippen LogP contribution in [0, 0.1) is 5.82 Å². The van der Waals surface area contributed by atoms with Crippen molar-refractivity contribution in [3.05, 3.63) is 59.4 Å². The molecule has 2 aromatic carbocycles. The van der Waals surface area contributed by atoms with Crippen LogP contribution >= 0.6 is 0 Å². The molecule has 0 aromatic heterocycles. The number of rotatable bonds is 3. The van der Waals surface area contributed by atoms with Crippen LogP contribution in [0.25, 0.3) is 0 Å². The molecule has 120 valence electrons. The van der Waals surface area contributed by atoms with E-state index in [0.29, 0.717) is 18.1 Å². The zero-order valence-corrected chi connectivity index (χ0v) is 13.0. The van der Waals surface area contributed by atoms with Gasteiger partial charge in [-0.3, -0.25) is 4.90 Å². The van der Waals surface area contributed by atoms with Gasteiger partial charge in [-0.2, -0.15) is 0 Å². The Morgan fingerprint density at radius 2 is 1.78 bits per heavy atom. The number of fused-ring (bicyclic) bond motifs is 1. The normalized spacial score (nSPS) is 20.7. The summed E-state index contributed by atoms with van der Waals surface area (Å²) in [7, 11) is 0. The van der Waals surface area contributed by atoms with E-state index in [1.165, 1.54) is 43.6 Å². The Labute approximate surface area is 135 Å². The summed E-state index contributed by atoms with van der Waals surface area (Å²) >= 11 is 0. The molecule has 1 fully saturated rings. The van der Waals surface area contributed by atoms with Crippen molar-refractivity contribution in [2.24, 2.45) is 0 Å². The molecule has 0 saturated carbocycles. The molecule has 0 bridgehead atoms. The average Bonchev–Trinajstić information content (AvgIpc) is 3.08. The van der Waals surface area contributed by atoms with E-state index < -0.39 is 0 Å². The Morgan fingerprint density at radius 1 is 1.00 bits per heavy atom. The van der Waals surface area contributed by atoms with Crippen LogP contribution < -0.4 is 9.47 Å². The molecular formula is C19H20FNO2. The lowest BCUT2D eigenvalue weighted by molar-refractivity contribution is 0.0907. The molecule has 4 rings (SSSR count). The van der Waals surface area contributed by atoms with Gasteiger partial charge in [-0.25, -0.2) is 4.39 Å². The van der Waals surface area contributed by atoms with E-state index in [9.17, 15) is 4.39 Å². The fraction of sp³-hybridized carbons (Fsp3) is 0.368. The van der Waals surface area contributed by atoms with Crippen molar-refractivity contribution in [2.45, 2.75) is 25.5 Å². The lowest BCUT2D eigenvalue weighted by atomic mass is 10.1. The predicted octanol–water partition coefficient (Wildman–Crippen LogP) is 3.93. The van der Waals surface area contributed by atoms with Crippen LogP contribution in [-0.4, -0.2) is 24.6 Å². The Kier molecular flexibility index (Phi) is 3.92. The molecule has 0 aliphatic carbocycles.